The van der Waals surface area contributed by atoms with Crippen LogP contribution >= 0.6 is 0 Å². The second-order valence-corrected chi connectivity index (χ2v) is 7.87. The monoisotopic (exact) mass is 394 g/mol. The molecule has 0 saturated carbocycles. The normalized spacial score (nSPS) is 17.9. The average Bonchev–Trinajstić information content (AvgIpc) is 2.75. The molecule has 3 rings (SSSR count). The van der Waals surface area contributed by atoms with E-state index in [0.717, 1.165) is 24.8 Å². The summed E-state index contributed by atoms with van der Waals surface area (Å²) in [5, 5.41) is 12.5. The van der Waals surface area contributed by atoms with E-state index >= 15 is 0 Å². The maximum absolute atomic E-state index is 12.8. The fourth-order valence-corrected chi connectivity index (χ4v) is 4.11. The lowest BCUT2D eigenvalue weighted by molar-refractivity contribution is -0.130. The number of nitrogens with one attached hydrogen (secondary N) is 1. The van der Waals surface area contributed by atoms with Gasteiger partial charge in [0.2, 0.25) is 5.91 Å². The van der Waals surface area contributed by atoms with Crippen molar-refractivity contribution >= 4 is 11.8 Å². The van der Waals surface area contributed by atoms with Crippen LogP contribution in [0.4, 0.5) is 0 Å². The summed E-state index contributed by atoms with van der Waals surface area (Å²) in [5.74, 6) is -0.284. The lowest BCUT2D eigenvalue weighted by Gasteiger charge is -2.33. The maximum Gasteiger partial charge on any atom is 0.263 e. The number of hydrogen-bond donors (Lipinski definition) is 1. The number of carbonyl (C=O) groups is 2. The molecule has 6 heteroatoms. The summed E-state index contributed by atoms with van der Waals surface area (Å²) in [6.45, 7) is 6.07. The molecule has 0 aromatic heterocycles. The van der Waals surface area contributed by atoms with Gasteiger partial charge < -0.3 is 15.1 Å². The Balaban J connectivity index is 1.66. The molecule has 6 nitrogen and oxygen atoms in total. The van der Waals surface area contributed by atoms with Crippen molar-refractivity contribution in [3.63, 3.8) is 0 Å². The minimum atomic E-state index is -0.342. The van der Waals surface area contributed by atoms with E-state index < -0.39 is 0 Å². The molecule has 154 valence electrons. The first kappa shape index (κ1) is 20.9. The number of hydrogen-bond acceptors (Lipinski definition) is 4. The number of piperazine rings is 1. The number of amides is 2. The van der Waals surface area contributed by atoms with Gasteiger partial charge in [-0.05, 0) is 48.8 Å². The molecule has 1 atom stereocenters. The maximum atomic E-state index is 12.8. The number of fused-ring (bicyclic) bond motifs is 1. The molecule has 2 aliphatic rings. The highest BCUT2D eigenvalue weighted by atomic mass is 16.2. The third-order valence-corrected chi connectivity index (χ3v) is 5.92. The van der Waals surface area contributed by atoms with Gasteiger partial charge in [-0.15, -0.1) is 0 Å². The van der Waals surface area contributed by atoms with Crippen molar-refractivity contribution in [2.75, 3.05) is 26.2 Å². The van der Waals surface area contributed by atoms with Crippen molar-refractivity contribution < 1.29 is 9.59 Å². The molecule has 1 fully saturated rings. The lowest BCUT2D eigenvalue weighted by atomic mass is 9.88. The van der Waals surface area contributed by atoms with Crippen molar-refractivity contribution in [3.05, 3.63) is 46.7 Å². The molecule has 1 aromatic carbocycles. The molecule has 1 N–H and O–H groups in total. The molecular formula is C23H30N4O2. The van der Waals surface area contributed by atoms with Crippen LogP contribution in [0.25, 0.3) is 0 Å². The largest absolute Gasteiger partial charge is 0.373 e. The molecule has 0 spiro atoms. The average molecular weight is 395 g/mol. The Morgan fingerprint density at radius 1 is 1.17 bits per heavy atom. The fraction of sp³-hybridized carbons (Fsp3) is 0.522. The smallest absolute Gasteiger partial charge is 0.263 e. The Morgan fingerprint density at radius 3 is 2.48 bits per heavy atom. The van der Waals surface area contributed by atoms with Crippen LogP contribution in [0.1, 0.15) is 55.8 Å². The van der Waals surface area contributed by atoms with Crippen molar-refractivity contribution in [1.82, 2.24) is 15.1 Å². The predicted molar refractivity (Wildman–Crippen MR) is 112 cm³/mol. The van der Waals surface area contributed by atoms with Gasteiger partial charge in [-0.2, -0.15) is 5.26 Å². The van der Waals surface area contributed by atoms with Gasteiger partial charge >= 0.3 is 0 Å². The highest BCUT2D eigenvalue weighted by Crippen LogP contribution is 2.26. The van der Waals surface area contributed by atoms with Gasteiger partial charge in [0.1, 0.15) is 11.6 Å². The molecule has 1 saturated heterocycles. The van der Waals surface area contributed by atoms with Gasteiger partial charge in [0, 0.05) is 39.3 Å². The summed E-state index contributed by atoms with van der Waals surface area (Å²) < 4.78 is 0. The molecule has 1 aliphatic heterocycles. The molecule has 29 heavy (non-hydrogen) atoms. The van der Waals surface area contributed by atoms with E-state index in [2.05, 4.69) is 23.5 Å². The summed E-state index contributed by atoms with van der Waals surface area (Å²) in [4.78, 5) is 27.9. The van der Waals surface area contributed by atoms with E-state index in [-0.39, 0.29) is 23.4 Å². The highest BCUT2D eigenvalue weighted by Gasteiger charge is 2.21. The summed E-state index contributed by atoms with van der Waals surface area (Å²) in [6, 6.07) is 8.45. The zero-order valence-corrected chi connectivity index (χ0v) is 17.4. The van der Waals surface area contributed by atoms with Crippen LogP contribution in [0, 0.1) is 11.3 Å². The molecule has 1 heterocycles. The topological polar surface area (TPSA) is 76.4 Å². The number of aryl methyl sites for hydroxylation is 2. The minimum absolute atomic E-state index is 0.0581. The van der Waals surface area contributed by atoms with Crippen LogP contribution in [0.2, 0.25) is 0 Å². The second kappa shape index (κ2) is 9.60. The summed E-state index contributed by atoms with van der Waals surface area (Å²) in [6.07, 6.45) is 7.10. The Bertz CT molecular complexity index is 832. The molecule has 1 unspecified atom stereocenters. The van der Waals surface area contributed by atoms with Crippen LogP contribution in [-0.4, -0.2) is 47.8 Å². The Kier molecular flexibility index (Phi) is 6.92. The van der Waals surface area contributed by atoms with Crippen LogP contribution < -0.4 is 5.32 Å². The van der Waals surface area contributed by atoms with Crippen LogP contribution in [-0.2, 0) is 22.4 Å². The summed E-state index contributed by atoms with van der Waals surface area (Å²) >= 11 is 0. The van der Waals surface area contributed by atoms with E-state index in [1.807, 2.05) is 17.9 Å². The zero-order chi connectivity index (χ0) is 20.8. The van der Waals surface area contributed by atoms with Gasteiger partial charge in [-0.3, -0.25) is 9.59 Å². The number of benzene rings is 1. The Morgan fingerprint density at radius 2 is 1.86 bits per heavy atom. The Labute approximate surface area is 173 Å². The van der Waals surface area contributed by atoms with E-state index in [4.69, 9.17) is 0 Å². The lowest BCUT2D eigenvalue weighted by Crippen LogP contribution is -2.46. The van der Waals surface area contributed by atoms with Gasteiger partial charge in [-0.25, -0.2) is 0 Å². The molecule has 0 bridgehead atoms. The third kappa shape index (κ3) is 5.17. The molecular weight excluding hydrogens is 364 g/mol. The van der Waals surface area contributed by atoms with Crippen LogP contribution in [0.5, 0.6) is 0 Å². The van der Waals surface area contributed by atoms with Crippen molar-refractivity contribution in [2.45, 2.75) is 52.0 Å². The van der Waals surface area contributed by atoms with E-state index in [1.54, 1.807) is 18.0 Å². The standard InChI is InChI=1S/C23H30N4O2/c1-3-22(20-9-8-18-6-4-5-7-19(18)14-20)25-23(29)21(15-24)16-26-10-12-27(13-11-26)17(2)28/h8-9,14,16,22H,3-7,10-13H2,1-2H3,(H,25,29)/b21-16-. The molecule has 0 radical (unpaired) electrons. The van der Waals surface area contributed by atoms with Gasteiger partial charge in [-0.1, -0.05) is 25.1 Å². The van der Waals surface area contributed by atoms with Gasteiger partial charge in [0.15, 0.2) is 0 Å². The van der Waals surface area contributed by atoms with E-state index in [9.17, 15) is 14.9 Å². The number of nitrogens with zero attached hydrogens (tertiary/aromatic N) is 3. The quantitative estimate of drug-likeness (QED) is 0.615. The van der Waals surface area contributed by atoms with E-state index in [1.165, 1.54) is 24.0 Å². The van der Waals surface area contributed by atoms with E-state index in [0.29, 0.717) is 26.2 Å². The van der Waals surface area contributed by atoms with Crippen LogP contribution in [0.3, 0.4) is 0 Å². The zero-order valence-electron chi connectivity index (χ0n) is 17.4. The van der Waals surface area contributed by atoms with Crippen LogP contribution in [0.15, 0.2) is 30.0 Å². The third-order valence-electron chi connectivity index (χ3n) is 5.92. The van der Waals surface area contributed by atoms with Crippen molar-refractivity contribution in [3.8, 4) is 6.07 Å². The summed E-state index contributed by atoms with van der Waals surface area (Å²) in [7, 11) is 0. The molecule has 1 aromatic rings. The minimum Gasteiger partial charge on any atom is -0.373 e. The predicted octanol–water partition coefficient (Wildman–Crippen LogP) is 2.70. The summed E-state index contributed by atoms with van der Waals surface area (Å²) in [5.41, 5.74) is 4.02. The molecule has 2 amide bonds. The van der Waals surface area contributed by atoms with Crippen molar-refractivity contribution in [2.24, 2.45) is 0 Å². The number of nitriles is 1. The number of rotatable bonds is 5. The second-order valence-electron chi connectivity index (χ2n) is 7.87. The SMILES string of the molecule is CCC(NC(=O)/C(C#N)=C\N1CCN(C(C)=O)CC1)c1ccc2c(c1)CCCC2. The Hall–Kier alpha value is -2.81. The van der Waals surface area contributed by atoms with Gasteiger partial charge in [0.05, 0.1) is 6.04 Å². The highest BCUT2D eigenvalue weighted by molar-refractivity contribution is 5.97. The van der Waals surface area contributed by atoms with Gasteiger partial charge in [0.25, 0.3) is 5.91 Å². The van der Waals surface area contributed by atoms with Crippen molar-refractivity contribution in [1.29, 1.82) is 5.26 Å². The first-order chi connectivity index (χ1) is 14.0. The first-order valence-corrected chi connectivity index (χ1v) is 10.6. The fourth-order valence-electron chi connectivity index (χ4n) is 4.11. The molecule has 1 aliphatic carbocycles. The first-order valence-electron chi connectivity index (χ1n) is 10.6. The number of carbonyl (C=O) groups excluding carboxylic acids is 2.